The second kappa shape index (κ2) is 8.65. The lowest BCUT2D eigenvalue weighted by Gasteiger charge is -2.30. The van der Waals surface area contributed by atoms with Crippen LogP contribution in [0, 0.1) is 5.82 Å². The Kier molecular flexibility index (Phi) is 7.20. The minimum atomic E-state index is -0.200. The van der Waals surface area contributed by atoms with E-state index in [0.717, 1.165) is 18.7 Å². The molecule has 0 bridgehead atoms. The third kappa shape index (κ3) is 4.73. The van der Waals surface area contributed by atoms with Crippen LogP contribution in [0.15, 0.2) is 54.6 Å². The lowest BCUT2D eigenvalue weighted by atomic mass is 10.0. The molecule has 2 aromatic carbocycles. The van der Waals surface area contributed by atoms with E-state index in [1.165, 1.54) is 17.7 Å². The van der Waals surface area contributed by atoms with Crippen LogP contribution in [0.4, 0.5) is 10.1 Å². The number of anilines is 1. The summed E-state index contributed by atoms with van der Waals surface area (Å²) in [5.41, 5.74) is 2.30. The van der Waals surface area contributed by atoms with Gasteiger partial charge in [0.05, 0.1) is 6.04 Å². The standard InChI is InChI=1S/C17H21FN2.ClH/c1-19-13-12-17(14-6-4-3-5-7-14)20(2)16-10-8-15(18)9-11-16;/h3-11,17,19H,12-13H2,1-2H3;1H. The summed E-state index contributed by atoms with van der Waals surface area (Å²) < 4.78 is 13.0. The zero-order valence-electron chi connectivity index (χ0n) is 12.4. The fourth-order valence-electron chi connectivity index (χ4n) is 2.40. The molecule has 2 nitrogen and oxygen atoms in total. The Bertz CT molecular complexity index is 516. The fraction of sp³-hybridized carbons (Fsp3) is 0.294. The molecule has 1 unspecified atom stereocenters. The second-order valence-corrected chi connectivity index (χ2v) is 4.91. The maximum absolute atomic E-state index is 13.0. The average molecular weight is 309 g/mol. The van der Waals surface area contributed by atoms with Crippen molar-refractivity contribution in [1.82, 2.24) is 5.32 Å². The quantitative estimate of drug-likeness (QED) is 0.866. The molecular formula is C17H22ClFN2. The summed E-state index contributed by atoms with van der Waals surface area (Å²) >= 11 is 0. The first-order valence-electron chi connectivity index (χ1n) is 6.90. The number of halogens is 2. The number of nitrogens with one attached hydrogen (secondary N) is 1. The molecule has 0 aliphatic rings. The van der Waals surface area contributed by atoms with Crippen molar-refractivity contribution in [2.24, 2.45) is 0 Å². The molecular weight excluding hydrogens is 287 g/mol. The van der Waals surface area contributed by atoms with Crippen molar-refractivity contribution >= 4 is 18.1 Å². The summed E-state index contributed by atoms with van der Waals surface area (Å²) in [4.78, 5) is 2.20. The monoisotopic (exact) mass is 308 g/mol. The van der Waals surface area contributed by atoms with Crippen molar-refractivity contribution in [3.63, 3.8) is 0 Å². The van der Waals surface area contributed by atoms with Gasteiger partial charge >= 0.3 is 0 Å². The van der Waals surface area contributed by atoms with Gasteiger partial charge in [0.25, 0.3) is 0 Å². The van der Waals surface area contributed by atoms with Gasteiger partial charge in [0.2, 0.25) is 0 Å². The molecule has 0 saturated carbocycles. The predicted molar refractivity (Wildman–Crippen MR) is 89.8 cm³/mol. The van der Waals surface area contributed by atoms with Gasteiger partial charge < -0.3 is 10.2 Å². The second-order valence-electron chi connectivity index (χ2n) is 4.91. The predicted octanol–water partition coefficient (Wildman–Crippen LogP) is 4.03. The molecule has 0 aromatic heterocycles. The molecule has 0 amide bonds. The first-order chi connectivity index (χ1) is 9.72. The number of benzene rings is 2. The van der Waals surface area contributed by atoms with Crippen molar-refractivity contribution in [2.45, 2.75) is 12.5 Å². The highest BCUT2D eigenvalue weighted by Crippen LogP contribution is 2.28. The maximum atomic E-state index is 13.0. The number of hydrogen-bond acceptors (Lipinski definition) is 2. The van der Waals surface area contributed by atoms with Crippen molar-refractivity contribution in [1.29, 1.82) is 0 Å². The first-order valence-corrected chi connectivity index (χ1v) is 6.90. The number of rotatable bonds is 6. The Hall–Kier alpha value is -1.58. The zero-order chi connectivity index (χ0) is 14.4. The number of hydrogen-bond donors (Lipinski definition) is 1. The summed E-state index contributed by atoms with van der Waals surface area (Å²) in [7, 11) is 4.01. The van der Waals surface area contributed by atoms with Crippen molar-refractivity contribution < 1.29 is 4.39 Å². The third-order valence-electron chi connectivity index (χ3n) is 3.55. The van der Waals surface area contributed by atoms with Crippen molar-refractivity contribution in [3.05, 3.63) is 66.0 Å². The maximum Gasteiger partial charge on any atom is 0.123 e. The van der Waals surface area contributed by atoms with E-state index in [9.17, 15) is 4.39 Å². The van der Waals surface area contributed by atoms with E-state index < -0.39 is 0 Å². The molecule has 1 atom stereocenters. The molecule has 114 valence electrons. The topological polar surface area (TPSA) is 15.3 Å². The van der Waals surface area contributed by atoms with Gasteiger partial charge in [-0.3, -0.25) is 0 Å². The summed E-state index contributed by atoms with van der Waals surface area (Å²) in [5.74, 6) is -0.200. The third-order valence-corrected chi connectivity index (χ3v) is 3.55. The molecule has 0 radical (unpaired) electrons. The lowest BCUT2D eigenvalue weighted by molar-refractivity contribution is 0.585. The molecule has 0 saturated heterocycles. The summed E-state index contributed by atoms with van der Waals surface area (Å²) in [6.07, 6.45) is 0.994. The Labute approximate surface area is 132 Å². The van der Waals surface area contributed by atoms with E-state index in [0.29, 0.717) is 0 Å². The van der Waals surface area contributed by atoms with E-state index in [-0.39, 0.29) is 24.3 Å². The molecule has 0 fully saturated rings. The van der Waals surface area contributed by atoms with Gasteiger partial charge in [-0.2, -0.15) is 0 Å². The van der Waals surface area contributed by atoms with Gasteiger partial charge in [-0.1, -0.05) is 30.3 Å². The molecule has 0 aliphatic carbocycles. The van der Waals surface area contributed by atoms with Crippen LogP contribution in [0.3, 0.4) is 0 Å². The number of nitrogens with zero attached hydrogens (tertiary/aromatic N) is 1. The Morgan fingerprint density at radius 3 is 2.24 bits per heavy atom. The van der Waals surface area contributed by atoms with Gasteiger partial charge in [0.15, 0.2) is 0 Å². The van der Waals surface area contributed by atoms with Crippen molar-refractivity contribution in [3.8, 4) is 0 Å². The van der Waals surface area contributed by atoms with E-state index >= 15 is 0 Å². The summed E-state index contributed by atoms with van der Waals surface area (Å²) in [6, 6.07) is 17.3. The molecule has 2 aromatic rings. The molecule has 1 N–H and O–H groups in total. The van der Waals surface area contributed by atoms with Crippen molar-refractivity contribution in [2.75, 3.05) is 25.5 Å². The first kappa shape index (κ1) is 17.5. The molecule has 0 spiro atoms. The van der Waals surface area contributed by atoms with Crippen LogP contribution in [-0.4, -0.2) is 20.6 Å². The zero-order valence-corrected chi connectivity index (χ0v) is 13.2. The van der Waals surface area contributed by atoms with E-state index in [2.05, 4.69) is 41.5 Å². The Balaban J connectivity index is 0.00000220. The molecule has 4 heteroatoms. The average Bonchev–Trinajstić information content (AvgIpc) is 2.49. The molecule has 0 aliphatic heterocycles. The van der Waals surface area contributed by atoms with Crippen LogP contribution in [0.1, 0.15) is 18.0 Å². The van der Waals surface area contributed by atoms with Crippen LogP contribution < -0.4 is 10.2 Å². The Morgan fingerprint density at radius 2 is 1.67 bits per heavy atom. The van der Waals surface area contributed by atoms with Crippen LogP contribution >= 0.6 is 12.4 Å². The molecule has 0 heterocycles. The van der Waals surface area contributed by atoms with Gasteiger partial charge in [-0.05, 0) is 49.8 Å². The van der Waals surface area contributed by atoms with E-state index in [1.807, 2.05) is 25.2 Å². The van der Waals surface area contributed by atoms with Gasteiger partial charge in [-0.15, -0.1) is 12.4 Å². The van der Waals surface area contributed by atoms with Gasteiger partial charge in [0.1, 0.15) is 5.82 Å². The fourth-order valence-corrected chi connectivity index (χ4v) is 2.40. The smallest absolute Gasteiger partial charge is 0.123 e. The summed E-state index contributed by atoms with van der Waals surface area (Å²) in [6.45, 7) is 0.936. The lowest BCUT2D eigenvalue weighted by Crippen LogP contribution is -2.27. The van der Waals surface area contributed by atoms with Gasteiger partial charge in [-0.25, -0.2) is 4.39 Å². The molecule has 2 rings (SSSR count). The minimum Gasteiger partial charge on any atom is -0.367 e. The van der Waals surface area contributed by atoms with Crippen LogP contribution in [0.5, 0.6) is 0 Å². The normalized spacial score (nSPS) is 11.6. The Morgan fingerprint density at radius 1 is 1.05 bits per heavy atom. The highest BCUT2D eigenvalue weighted by atomic mass is 35.5. The van der Waals surface area contributed by atoms with Crippen LogP contribution in [0.25, 0.3) is 0 Å². The van der Waals surface area contributed by atoms with E-state index in [4.69, 9.17) is 0 Å². The largest absolute Gasteiger partial charge is 0.367 e. The molecule has 21 heavy (non-hydrogen) atoms. The van der Waals surface area contributed by atoms with Crippen LogP contribution in [-0.2, 0) is 0 Å². The highest BCUT2D eigenvalue weighted by Gasteiger charge is 2.16. The SMILES string of the molecule is CNCCC(c1ccccc1)N(C)c1ccc(F)cc1.Cl. The summed E-state index contributed by atoms with van der Waals surface area (Å²) in [5, 5.41) is 3.20. The van der Waals surface area contributed by atoms with Crippen LogP contribution in [0.2, 0.25) is 0 Å². The highest BCUT2D eigenvalue weighted by molar-refractivity contribution is 5.85. The minimum absolute atomic E-state index is 0. The van der Waals surface area contributed by atoms with Gasteiger partial charge in [0, 0.05) is 12.7 Å². The van der Waals surface area contributed by atoms with E-state index in [1.54, 1.807) is 0 Å².